The van der Waals surface area contributed by atoms with Gasteiger partial charge >= 0.3 is 6.03 Å². The quantitative estimate of drug-likeness (QED) is 0.581. The number of amides is 3. The number of hydrogen-bond acceptors (Lipinski definition) is 5. The lowest BCUT2D eigenvalue weighted by atomic mass is 10.0. The Kier molecular flexibility index (Phi) is 8.16. The van der Waals surface area contributed by atoms with Gasteiger partial charge in [-0.05, 0) is 49.4 Å². The number of nitrogens with one attached hydrogen (secondary N) is 1. The molecule has 0 saturated heterocycles. The van der Waals surface area contributed by atoms with E-state index in [2.05, 4.69) is 23.3 Å². The standard InChI is InChI=1S/C24H31N3O4S/c1-5-12-26(24(29)25-17(2)3)15-23(28)27-13-10-22-18(11-14-32-22)19(27)16-31-21-9-7-6-8-20(21)30-4/h5-9,11,14,17,19H,1,10,12-13,15-16H2,2-4H3,(H,25,29)/t19-/m1/s1. The Labute approximate surface area is 193 Å². The molecule has 1 aliphatic rings. The second kappa shape index (κ2) is 11.0. The molecule has 2 heterocycles. The summed E-state index contributed by atoms with van der Waals surface area (Å²) in [5.74, 6) is 1.17. The molecule has 0 unspecified atom stereocenters. The Morgan fingerprint density at radius 1 is 1.31 bits per heavy atom. The van der Waals surface area contributed by atoms with Crippen LogP contribution in [-0.4, -0.2) is 61.1 Å². The van der Waals surface area contributed by atoms with Crippen LogP contribution in [0.3, 0.4) is 0 Å². The van der Waals surface area contributed by atoms with Crippen molar-refractivity contribution in [1.29, 1.82) is 0 Å². The number of methoxy groups -OCH3 is 1. The van der Waals surface area contributed by atoms with E-state index in [0.29, 0.717) is 31.2 Å². The van der Waals surface area contributed by atoms with Crippen molar-refractivity contribution in [2.45, 2.75) is 32.4 Å². The average molecular weight is 458 g/mol. The first kappa shape index (κ1) is 23.7. The van der Waals surface area contributed by atoms with Crippen molar-refractivity contribution in [1.82, 2.24) is 15.1 Å². The van der Waals surface area contributed by atoms with Crippen molar-refractivity contribution in [3.63, 3.8) is 0 Å². The van der Waals surface area contributed by atoms with E-state index in [-0.39, 0.29) is 30.6 Å². The largest absolute Gasteiger partial charge is 0.493 e. The Balaban J connectivity index is 1.77. The molecular weight excluding hydrogens is 426 g/mol. The molecular formula is C24H31N3O4S. The second-order valence-corrected chi connectivity index (χ2v) is 8.89. The normalized spacial score (nSPS) is 15.1. The number of rotatable bonds is 9. The molecule has 0 spiro atoms. The van der Waals surface area contributed by atoms with E-state index in [4.69, 9.17) is 9.47 Å². The van der Waals surface area contributed by atoms with E-state index in [9.17, 15) is 9.59 Å². The van der Waals surface area contributed by atoms with Crippen LogP contribution in [-0.2, 0) is 11.2 Å². The molecule has 0 bridgehead atoms. The molecule has 1 aromatic heterocycles. The molecule has 0 aliphatic carbocycles. The summed E-state index contributed by atoms with van der Waals surface area (Å²) in [7, 11) is 1.60. The SMILES string of the molecule is C=CCN(CC(=O)N1CCc2sccc2[C@H]1COc1ccccc1OC)C(=O)NC(C)C. The van der Waals surface area contributed by atoms with Crippen LogP contribution in [0, 0.1) is 0 Å². The molecule has 1 atom stereocenters. The maximum atomic E-state index is 13.3. The van der Waals surface area contributed by atoms with Gasteiger partial charge in [0.05, 0.1) is 13.2 Å². The number of carbonyl (C=O) groups excluding carboxylic acids is 2. The minimum Gasteiger partial charge on any atom is -0.493 e. The molecule has 7 nitrogen and oxygen atoms in total. The van der Waals surface area contributed by atoms with Crippen molar-refractivity contribution >= 4 is 23.3 Å². The molecule has 0 fully saturated rings. The summed E-state index contributed by atoms with van der Waals surface area (Å²) in [5.41, 5.74) is 1.10. The second-order valence-electron chi connectivity index (χ2n) is 7.89. The van der Waals surface area contributed by atoms with Gasteiger partial charge in [0.25, 0.3) is 0 Å². The summed E-state index contributed by atoms with van der Waals surface area (Å²) in [6, 6.07) is 9.00. The molecule has 0 saturated carbocycles. The van der Waals surface area contributed by atoms with Gasteiger partial charge in [-0.3, -0.25) is 4.79 Å². The van der Waals surface area contributed by atoms with Gasteiger partial charge < -0.3 is 24.6 Å². The van der Waals surface area contributed by atoms with Crippen LogP contribution in [0.2, 0.25) is 0 Å². The van der Waals surface area contributed by atoms with Gasteiger partial charge in [-0.2, -0.15) is 0 Å². The number of fused-ring (bicyclic) bond motifs is 1. The van der Waals surface area contributed by atoms with Gasteiger partial charge in [0, 0.05) is 24.0 Å². The fourth-order valence-corrected chi connectivity index (χ4v) is 4.68. The topological polar surface area (TPSA) is 71.1 Å². The van der Waals surface area contributed by atoms with E-state index in [1.54, 1.807) is 24.5 Å². The summed E-state index contributed by atoms with van der Waals surface area (Å²) >= 11 is 1.70. The number of hydrogen-bond donors (Lipinski definition) is 1. The Hall–Kier alpha value is -3.00. The van der Waals surface area contributed by atoms with Gasteiger partial charge in [0.1, 0.15) is 13.2 Å². The highest BCUT2D eigenvalue weighted by Crippen LogP contribution is 2.35. The van der Waals surface area contributed by atoms with Crippen LogP contribution in [0.25, 0.3) is 0 Å². The van der Waals surface area contributed by atoms with Gasteiger partial charge in [-0.25, -0.2) is 4.79 Å². The number of benzene rings is 1. The third kappa shape index (κ3) is 5.62. The highest BCUT2D eigenvalue weighted by molar-refractivity contribution is 7.10. The Morgan fingerprint density at radius 2 is 2.06 bits per heavy atom. The first-order chi connectivity index (χ1) is 15.4. The zero-order valence-electron chi connectivity index (χ0n) is 18.9. The van der Waals surface area contributed by atoms with E-state index in [1.165, 1.54) is 9.78 Å². The van der Waals surface area contributed by atoms with Crippen LogP contribution < -0.4 is 14.8 Å². The fourth-order valence-electron chi connectivity index (χ4n) is 3.75. The van der Waals surface area contributed by atoms with E-state index < -0.39 is 0 Å². The van der Waals surface area contributed by atoms with Crippen LogP contribution in [0.15, 0.2) is 48.4 Å². The summed E-state index contributed by atoms with van der Waals surface area (Å²) < 4.78 is 11.5. The highest BCUT2D eigenvalue weighted by atomic mass is 32.1. The van der Waals surface area contributed by atoms with Crippen LogP contribution in [0.1, 0.15) is 30.3 Å². The lowest BCUT2D eigenvalue weighted by molar-refractivity contribution is -0.135. The minimum absolute atomic E-state index is 0.0183. The third-order valence-electron chi connectivity index (χ3n) is 5.26. The molecule has 32 heavy (non-hydrogen) atoms. The lowest BCUT2D eigenvalue weighted by Gasteiger charge is -2.37. The van der Waals surface area contributed by atoms with E-state index >= 15 is 0 Å². The molecule has 1 N–H and O–H groups in total. The Bertz CT molecular complexity index is 943. The van der Waals surface area contributed by atoms with Crippen molar-refractivity contribution in [2.24, 2.45) is 0 Å². The molecule has 1 aliphatic heterocycles. The zero-order chi connectivity index (χ0) is 23.1. The van der Waals surface area contributed by atoms with Crippen LogP contribution in [0.5, 0.6) is 11.5 Å². The van der Waals surface area contributed by atoms with Gasteiger partial charge in [0.2, 0.25) is 5.91 Å². The van der Waals surface area contributed by atoms with Crippen molar-refractivity contribution in [2.75, 3.05) is 33.4 Å². The summed E-state index contributed by atoms with van der Waals surface area (Å²) in [6.45, 7) is 8.66. The average Bonchev–Trinajstić information content (AvgIpc) is 3.26. The minimum atomic E-state index is -0.275. The van der Waals surface area contributed by atoms with Crippen molar-refractivity contribution in [3.05, 3.63) is 58.8 Å². The predicted octanol–water partition coefficient (Wildman–Crippen LogP) is 3.87. The van der Waals surface area contributed by atoms with Crippen LogP contribution >= 0.6 is 11.3 Å². The molecule has 3 amide bonds. The molecule has 3 rings (SSSR count). The van der Waals surface area contributed by atoms with Crippen LogP contribution in [0.4, 0.5) is 4.79 Å². The first-order valence-corrected chi connectivity index (χ1v) is 11.6. The Morgan fingerprint density at radius 3 is 2.75 bits per heavy atom. The van der Waals surface area contributed by atoms with Crippen molar-refractivity contribution in [3.8, 4) is 11.5 Å². The highest BCUT2D eigenvalue weighted by Gasteiger charge is 2.33. The number of nitrogens with zero attached hydrogens (tertiary/aromatic N) is 2. The molecule has 1 aromatic carbocycles. The monoisotopic (exact) mass is 457 g/mol. The van der Waals surface area contributed by atoms with Gasteiger partial charge in [-0.1, -0.05) is 18.2 Å². The number of urea groups is 1. The molecule has 8 heteroatoms. The number of ether oxygens (including phenoxy) is 2. The smallest absolute Gasteiger partial charge is 0.318 e. The molecule has 172 valence electrons. The fraction of sp³-hybridized carbons (Fsp3) is 0.417. The van der Waals surface area contributed by atoms with Gasteiger partial charge in [-0.15, -0.1) is 17.9 Å². The molecule has 0 radical (unpaired) electrons. The predicted molar refractivity (Wildman–Crippen MR) is 126 cm³/mol. The summed E-state index contributed by atoms with van der Waals surface area (Å²) in [5, 5.41) is 4.90. The van der Waals surface area contributed by atoms with E-state index in [0.717, 1.165) is 12.0 Å². The van der Waals surface area contributed by atoms with Crippen molar-refractivity contribution < 1.29 is 19.1 Å². The number of para-hydroxylation sites is 2. The van der Waals surface area contributed by atoms with Gasteiger partial charge in [0.15, 0.2) is 11.5 Å². The lowest BCUT2D eigenvalue weighted by Crippen LogP contribution is -2.50. The number of thiophene rings is 1. The maximum absolute atomic E-state index is 13.3. The first-order valence-electron chi connectivity index (χ1n) is 10.7. The summed E-state index contributed by atoms with van der Waals surface area (Å²) in [6.07, 6.45) is 2.42. The summed E-state index contributed by atoms with van der Waals surface area (Å²) in [4.78, 5) is 30.5. The van der Waals surface area contributed by atoms with E-state index in [1.807, 2.05) is 43.0 Å². The molecule has 2 aromatic rings. The zero-order valence-corrected chi connectivity index (χ0v) is 19.7. The number of carbonyl (C=O) groups is 2. The third-order valence-corrected chi connectivity index (χ3v) is 6.25. The maximum Gasteiger partial charge on any atom is 0.318 e.